The van der Waals surface area contributed by atoms with Gasteiger partial charge in [0.2, 0.25) is 5.91 Å². The largest absolute Gasteiger partial charge is 0.325 e. The lowest BCUT2D eigenvalue weighted by Crippen LogP contribution is -2.27. The second-order valence-electron chi connectivity index (χ2n) is 5.75. The van der Waals surface area contributed by atoms with Crippen LogP contribution in [0.3, 0.4) is 0 Å². The minimum Gasteiger partial charge on any atom is -0.325 e. The third-order valence-corrected chi connectivity index (χ3v) is 5.11. The summed E-state index contributed by atoms with van der Waals surface area (Å²) in [4.78, 5) is 12.3. The van der Waals surface area contributed by atoms with E-state index in [9.17, 15) is 4.79 Å². The molecule has 18 heavy (non-hydrogen) atoms. The van der Waals surface area contributed by atoms with Crippen LogP contribution < -0.4 is 5.32 Å². The van der Waals surface area contributed by atoms with Gasteiger partial charge < -0.3 is 5.32 Å². The van der Waals surface area contributed by atoms with E-state index in [1.54, 1.807) is 0 Å². The maximum absolute atomic E-state index is 12.3. The highest BCUT2D eigenvalue weighted by atomic mass is 79.9. The summed E-state index contributed by atoms with van der Waals surface area (Å²) in [5.41, 5.74) is 2.09. The molecule has 2 bridgehead atoms. The van der Waals surface area contributed by atoms with E-state index in [1.165, 1.54) is 24.8 Å². The van der Waals surface area contributed by atoms with Gasteiger partial charge in [-0.2, -0.15) is 0 Å². The lowest BCUT2D eigenvalue weighted by Gasteiger charge is -2.21. The number of hydrogen-bond donors (Lipinski definition) is 1. The van der Waals surface area contributed by atoms with Gasteiger partial charge in [-0.15, -0.1) is 0 Å². The number of halogens is 1. The number of anilines is 1. The second kappa shape index (κ2) is 4.69. The van der Waals surface area contributed by atoms with Crippen LogP contribution in [0.5, 0.6) is 0 Å². The van der Waals surface area contributed by atoms with Crippen molar-refractivity contribution in [1.82, 2.24) is 0 Å². The Balaban J connectivity index is 1.71. The summed E-state index contributed by atoms with van der Waals surface area (Å²) in [6, 6.07) is 6.04. The first-order valence-electron chi connectivity index (χ1n) is 6.70. The van der Waals surface area contributed by atoms with Crippen molar-refractivity contribution in [2.75, 3.05) is 5.32 Å². The van der Waals surface area contributed by atoms with Crippen LogP contribution in [0, 0.1) is 24.7 Å². The molecule has 2 nitrogen and oxygen atoms in total. The number of nitrogens with one attached hydrogen (secondary N) is 1. The first-order valence-corrected chi connectivity index (χ1v) is 7.50. The van der Waals surface area contributed by atoms with Gasteiger partial charge in [-0.3, -0.25) is 4.79 Å². The van der Waals surface area contributed by atoms with Crippen LogP contribution in [0.25, 0.3) is 0 Å². The Hall–Kier alpha value is -0.830. The Morgan fingerprint density at radius 3 is 2.78 bits per heavy atom. The van der Waals surface area contributed by atoms with Crippen molar-refractivity contribution in [3.8, 4) is 0 Å². The highest BCUT2D eigenvalue weighted by molar-refractivity contribution is 9.10. The van der Waals surface area contributed by atoms with Crippen LogP contribution in [-0.4, -0.2) is 5.91 Å². The molecule has 3 atom stereocenters. The molecule has 1 aromatic rings. The number of amides is 1. The molecule has 0 radical (unpaired) electrons. The highest BCUT2D eigenvalue weighted by Crippen LogP contribution is 2.48. The minimum atomic E-state index is 0.215. The normalized spacial score (nSPS) is 29.6. The lowest BCUT2D eigenvalue weighted by molar-refractivity contribution is -0.121. The summed E-state index contributed by atoms with van der Waals surface area (Å²) in [6.07, 6.45) is 4.95. The van der Waals surface area contributed by atoms with Crippen LogP contribution in [0.15, 0.2) is 22.7 Å². The average molecular weight is 308 g/mol. The average Bonchev–Trinajstić information content (AvgIpc) is 2.94. The SMILES string of the molecule is Cc1ccc(NC(=O)[C@H]2C[C@@H]3CC[C@@H]2C3)c(Br)c1. The molecule has 0 heterocycles. The molecule has 1 amide bonds. The molecular formula is C15H18BrNO. The number of hydrogen-bond acceptors (Lipinski definition) is 1. The summed E-state index contributed by atoms with van der Waals surface area (Å²) >= 11 is 3.51. The molecule has 1 aromatic carbocycles. The maximum atomic E-state index is 12.3. The molecule has 2 fully saturated rings. The molecule has 2 aliphatic rings. The fourth-order valence-electron chi connectivity index (χ4n) is 3.51. The molecule has 0 spiro atoms. The number of aryl methyl sites for hydroxylation is 1. The van der Waals surface area contributed by atoms with Crippen molar-refractivity contribution >= 4 is 27.5 Å². The predicted octanol–water partition coefficient (Wildman–Crippen LogP) is 4.13. The Kier molecular flexibility index (Phi) is 3.18. The summed E-state index contributed by atoms with van der Waals surface area (Å²) < 4.78 is 0.971. The van der Waals surface area contributed by atoms with Gasteiger partial charge in [-0.05, 0) is 71.6 Å². The molecule has 1 N–H and O–H groups in total. The first-order chi connectivity index (χ1) is 8.63. The lowest BCUT2D eigenvalue weighted by atomic mass is 9.88. The summed E-state index contributed by atoms with van der Waals surface area (Å²) in [5, 5.41) is 3.08. The van der Waals surface area contributed by atoms with Crippen molar-refractivity contribution < 1.29 is 4.79 Å². The summed E-state index contributed by atoms with van der Waals surface area (Å²) in [7, 11) is 0. The van der Waals surface area contributed by atoms with Crippen LogP contribution in [-0.2, 0) is 4.79 Å². The van der Waals surface area contributed by atoms with Gasteiger partial charge in [-0.25, -0.2) is 0 Å². The minimum absolute atomic E-state index is 0.215. The number of carbonyl (C=O) groups is 1. The number of fused-ring (bicyclic) bond motifs is 2. The molecular weight excluding hydrogens is 290 g/mol. The number of benzene rings is 1. The first kappa shape index (κ1) is 12.2. The van der Waals surface area contributed by atoms with Gasteiger partial charge in [-0.1, -0.05) is 12.5 Å². The van der Waals surface area contributed by atoms with Crippen LogP contribution in [0.1, 0.15) is 31.2 Å². The molecule has 3 rings (SSSR count). The van der Waals surface area contributed by atoms with Crippen molar-refractivity contribution in [1.29, 1.82) is 0 Å². The third-order valence-electron chi connectivity index (χ3n) is 4.46. The fourth-order valence-corrected chi connectivity index (χ4v) is 4.11. The molecule has 0 unspecified atom stereocenters. The zero-order chi connectivity index (χ0) is 12.7. The van der Waals surface area contributed by atoms with E-state index in [4.69, 9.17) is 0 Å². The number of carbonyl (C=O) groups excluding carboxylic acids is 1. The molecule has 0 aliphatic heterocycles. The topological polar surface area (TPSA) is 29.1 Å². The molecule has 0 saturated heterocycles. The molecule has 2 saturated carbocycles. The Labute approximate surface area is 116 Å². The number of rotatable bonds is 2. The van der Waals surface area contributed by atoms with Gasteiger partial charge in [0.1, 0.15) is 0 Å². The zero-order valence-electron chi connectivity index (χ0n) is 10.6. The monoisotopic (exact) mass is 307 g/mol. The van der Waals surface area contributed by atoms with Crippen molar-refractivity contribution in [2.24, 2.45) is 17.8 Å². The van der Waals surface area contributed by atoms with E-state index < -0.39 is 0 Å². The molecule has 2 aliphatic carbocycles. The van der Waals surface area contributed by atoms with Gasteiger partial charge >= 0.3 is 0 Å². The maximum Gasteiger partial charge on any atom is 0.227 e. The summed E-state index contributed by atoms with van der Waals surface area (Å²) in [5.74, 6) is 1.91. The Morgan fingerprint density at radius 1 is 1.33 bits per heavy atom. The summed E-state index contributed by atoms with van der Waals surface area (Å²) in [6.45, 7) is 2.05. The van der Waals surface area contributed by atoms with Crippen molar-refractivity contribution in [3.63, 3.8) is 0 Å². The second-order valence-corrected chi connectivity index (χ2v) is 6.61. The highest BCUT2D eigenvalue weighted by Gasteiger charge is 2.43. The van der Waals surface area contributed by atoms with Crippen LogP contribution in [0.2, 0.25) is 0 Å². The van der Waals surface area contributed by atoms with Crippen molar-refractivity contribution in [3.05, 3.63) is 28.2 Å². The van der Waals surface area contributed by atoms with E-state index >= 15 is 0 Å². The van der Waals surface area contributed by atoms with E-state index in [-0.39, 0.29) is 11.8 Å². The predicted molar refractivity (Wildman–Crippen MR) is 76.4 cm³/mol. The van der Waals surface area contributed by atoms with Gasteiger partial charge in [0.25, 0.3) is 0 Å². The Morgan fingerprint density at radius 2 is 2.17 bits per heavy atom. The molecule has 0 aromatic heterocycles. The van der Waals surface area contributed by atoms with Crippen molar-refractivity contribution in [2.45, 2.75) is 32.6 Å². The fraction of sp³-hybridized carbons (Fsp3) is 0.533. The van der Waals surface area contributed by atoms with Gasteiger partial charge in [0.15, 0.2) is 0 Å². The molecule has 96 valence electrons. The van der Waals surface area contributed by atoms with Crippen LogP contribution >= 0.6 is 15.9 Å². The zero-order valence-corrected chi connectivity index (χ0v) is 12.2. The quantitative estimate of drug-likeness (QED) is 0.874. The Bertz CT molecular complexity index is 485. The van der Waals surface area contributed by atoms with E-state index in [0.29, 0.717) is 5.92 Å². The van der Waals surface area contributed by atoms with Gasteiger partial charge in [0, 0.05) is 10.4 Å². The standard InChI is InChI=1S/C15H18BrNO/c1-9-2-5-14(13(16)6-9)17-15(18)12-8-10-3-4-11(12)7-10/h2,5-6,10-12H,3-4,7-8H2,1H3,(H,17,18)/t10-,11-,12+/m1/s1. The smallest absolute Gasteiger partial charge is 0.227 e. The van der Waals surface area contributed by atoms with E-state index in [2.05, 4.69) is 21.2 Å². The van der Waals surface area contributed by atoms with Crippen LogP contribution in [0.4, 0.5) is 5.69 Å². The molecule has 3 heteroatoms. The third kappa shape index (κ3) is 2.20. The van der Waals surface area contributed by atoms with Gasteiger partial charge in [0.05, 0.1) is 5.69 Å². The van der Waals surface area contributed by atoms with E-state index in [0.717, 1.165) is 22.5 Å². The van der Waals surface area contributed by atoms with E-state index in [1.807, 2.05) is 25.1 Å².